The van der Waals surface area contributed by atoms with Gasteiger partial charge in [0.1, 0.15) is 5.92 Å². The molecule has 0 aromatic carbocycles. The number of urea groups is 1. The number of nitrogens with two attached hydrogens (primary N) is 1. The lowest BCUT2D eigenvalue weighted by Crippen LogP contribution is -2.50. The normalized spacial score (nSPS) is 22.8. The summed E-state index contributed by atoms with van der Waals surface area (Å²) in [5.41, 5.74) is 4.31. The zero-order valence-corrected chi connectivity index (χ0v) is 10.9. The maximum absolute atomic E-state index is 11.6. The number of hydrogen-bond donors (Lipinski definition) is 4. The van der Waals surface area contributed by atoms with Gasteiger partial charge in [-0.2, -0.15) is 0 Å². The lowest BCUT2D eigenvalue weighted by atomic mass is 9.93. The minimum atomic E-state index is -1.01. The van der Waals surface area contributed by atoms with Crippen molar-refractivity contribution in [1.82, 2.24) is 10.6 Å². The van der Waals surface area contributed by atoms with E-state index in [0.29, 0.717) is 0 Å². The van der Waals surface area contributed by atoms with Crippen molar-refractivity contribution in [2.24, 2.45) is 17.1 Å². The van der Waals surface area contributed by atoms with Gasteiger partial charge in [0, 0.05) is 6.54 Å². The maximum Gasteiger partial charge on any atom is 0.315 e. The monoisotopic (exact) mass is 273 g/mol. The van der Waals surface area contributed by atoms with Crippen molar-refractivity contribution in [3.63, 3.8) is 0 Å². The molecule has 0 spiro atoms. The van der Waals surface area contributed by atoms with Crippen LogP contribution >= 0.6 is 0 Å². The molecule has 0 aromatic rings. The van der Waals surface area contributed by atoms with Gasteiger partial charge in [0.15, 0.2) is 0 Å². The Kier molecular flexibility index (Phi) is 4.71. The average Bonchev–Trinajstić information content (AvgIpc) is 2.74. The van der Waals surface area contributed by atoms with Crippen molar-refractivity contribution >= 4 is 17.9 Å². The lowest BCUT2D eigenvalue weighted by Gasteiger charge is -2.22. The van der Waals surface area contributed by atoms with Gasteiger partial charge in [-0.25, -0.2) is 4.79 Å². The van der Waals surface area contributed by atoms with Crippen LogP contribution < -0.4 is 16.4 Å². The molecule has 8 nitrogen and oxygen atoms in total. The van der Waals surface area contributed by atoms with Crippen LogP contribution in [0.1, 0.15) is 13.8 Å². The molecule has 1 rings (SSSR count). The van der Waals surface area contributed by atoms with Crippen LogP contribution in [0.4, 0.5) is 4.79 Å². The summed E-state index contributed by atoms with van der Waals surface area (Å²) >= 11 is 0. The molecule has 1 saturated heterocycles. The van der Waals surface area contributed by atoms with E-state index in [2.05, 4.69) is 10.6 Å². The van der Waals surface area contributed by atoms with Crippen molar-refractivity contribution < 1.29 is 24.2 Å². The molecule has 0 aromatic heterocycles. The van der Waals surface area contributed by atoms with E-state index >= 15 is 0 Å². The second kappa shape index (κ2) is 5.87. The Hall–Kier alpha value is -1.83. The zero-order valence-electron chi connectivity index (χ0n) is 10.9. The number of rotatable bonds is 5. The van der Waals surface area contributed by atoms with E-state index in [1.807, 2.05) is 0 Å². The SMILES string of the molecule is CC(C)(CNC(=O)NC1COCC1C(=O)O)C(N)=O. The third kappa shape index (κ3) is 4.09. The molecular weight excluding hydrogens is 254 g/mol. The molecule has 8 heteroatoms. The smallest absolute Gasteiger partial charge is 0.315 e. The van der Waals surface area contributed by atoms with Crippen molar-refractivity contribution in [1.29, 1.82) is 0 Å². The number of ether oxygens (including phenoxy) is 1. The van der Waals surface area contributed by atoms with Gasteiger partial charge >= 0.3 is 12.0 Å². The number of hydrogen-bond acceptors (Lipinski definition) is 4. The zero-order chi connectivity index (χ0) is 14.6. The molecule has 108 valence electrons. The van der Waals surface area contributed by atoms with Gasteiger partial charge in [-0.05, 0) is 13.8 Å². The van der Waals surface area contributed by atoms with Crippen LogP contribution in [0.15, 0.2) is 0 Å². The number of primary amides is 1. The van der Waals surface area contributed by atoms with Gasteiger partial charge in [0.25, 0.3) is 0 Å². The Morgan fingerprint density at radius 3 is 2.53 bits per heavy atom. The molecule has 1 aliphatic heterocycles. The highest BCUT2D eigenvalue weighted by Gasteiger charge is 2.35. The number of carbonyl (C=O) groups is 3. The maximum atomic E-state index is 11.6. The van der Waals surface area contributed by atoms with Crippen LogP contribution in [0.3, 0.4) is 0 Å². The predicted molar refractivity (Wildman–Crippen MR) is 65.2 cm³/mol. The second-order valence-corrected chi connectivity index (χ2v) is 5.16. The van der Waals surface area contributed by atoms with Crippen LogP contribution in [-0.2, 0) is 14.3 Å². The minimum Gasteiger partial charge on any atom is -0.481 e. The summed E-state index contributed by atoms with van der Waals surface area (Å²) in [5.74, 6) is -2.30. The van der Waals surface area contributed by atoms with Gasteiger partial charge in [-0.1, -0.05) is 0 Å². The Balaban J connectivity index is 2.43. The van der Waals surface area contributed by atoms with Crippen LogP contribution in [0, 0.1) is 11.3 Å². The lowest BCUT2D eigenvalue weighted by molar-refractivity contribution is -0.142. The molecule has 5 N–H and O–H groups in total. The van der Waals surface area contributed by atoms with E-state index in [9.17, 15) is 14.4 Å². The fourth-order valence-corrected chi connectivity index (χ4v) is 1.55. The molecule has 2 unspecified atom stereocenters. The highest BCUT2D eigenvalue weighted by molar-refractivity contribution is 5.82. The Morgan fingerprint density at radius 1 is 1.37 bits per heavy atom. The summed E-state index contributed by atoms with van der Waals surface area (Å²) in [6.45, 7) is 3.51. The highest BCUT2D eigenvalue weighted by Crippen LogP contribution is 2.14. The third-order valence-electron chi connectivity index (χ3n) is 3.07. The van der Waals surface area contributed by atoms with Crippen molar-refractivity contribution in [2.75, 3.05) is 19.8 Å². The number of carboxylic acids is 1. The Labute approximate surface area is 110 Å². The number of carboxylic acid groups (broad SMARTS) is 1. The van der Waals surface area contributed by atoms with Crippen LogP contribution in [-0.4, -0.2) is 48.8 Å². The number of amides is 3. The molecule has 0 radical (unpaired) electrons. The molecule has 19 heavy (non-hydrogen) atoms. The fraction of sp³-hybridized carbons (Fsp3) is 0.727. The van der Waals surface area contributed by atoms with E-state index < -0.39 is 35.3 Å². The van der Waals surface area contributed by atoms with Crippen LogP contribution in [0.2, 0.25) is 0 Å². The van der Waals surface area contributed by atoms with E-state index in [0.717, 1.165) is 0 Å². The predicted octanol–water partition coefficient (Wildman–Crippen LogP) is -1.10. The summed E-state index contributed by atoms with van der Waals surface area (Å²) in [6, 6.07) is -1.12. The van der Waals surface area contributed by atoms with E-state index in [4.69, 9.17) is 15.6 Å². The standard InChI is InChI=1S/C11H19N3O5/c1-11(2,9(12)17)5-13-10(18)14-7-4-19-3-6(7)8(15)16/h6-7H,3-5H2,1-2H3,(H2,12,17)(H,15,16)(H2,13,14,18). The third-order valence-corrected chi connectivity index (χ3v) is 3.07. The molecule has 0 aliphatic carbocycles. The Morgan fingerprint density at radius 2 is 2.00 bits per heavy atom. The van der Waals surface area contributed by atoms with Gasteiger partial charge in [-0.3, -0.25) is 9.59 Å². The summed E-state index contributed by atoms with van der Waals surface area (Å²) in [6.07, 6.45) is 0. The minimum absolute atomic E-state index is 0.0689. The first-order chi connectivity index (χ1) is 8.74. The Bertz CT molecular complexity index is 383. The molecule has 0 bridgehead atoms. The first kappa shape index (κ1) is 15.2. The van der Waals surface area contributed by atoms with Crippen LogP contribution in [0.5, 0.6) is 0 Å². The summed E-state index contributed by atoms with van der Waals surface area (Å²) in [5, 5.41) is 13.9. The van der Waals surface area contributed by atoms with Crippen molar-refractivity contribution in [2.45, 2.75) is 19.9 Å². The fourth-order valence-electron chi connectivity index (χ4n) is 1.55. The topological polar surface area (TPSA) is 131 Å². The molecule has 2 atom stereocenters. The second-order valence-electron chi connectivity index (χ2n) is 5.16. The van der Waals surface area contributed by atoms with Gasteiger partial charge in [0.05, 0.1) is 24.7 Å². The molecule has 0 saturated carbocycles. The van der Waals surface area contributed by atoms with Crippen LogP contribution in [0.25, 0.3) is 0 Å². The van der Waals surface area contributed by atoms with Gasteiger partial charge < -0.3 is 26.2 Å². The van der Waals surface area contributed by atoms with E-state index in [1.54, 1.807) is 13.8 Å². The highest BCUT2D eigenvalue weighted by atomic mass is 16.5. The molecule has 1 fully saturated rings. The molecule has 3 amide bonds. The number of aliphatic carboxylic acids is 1. The summed E-state index contributed by atoms with van der Waals surface area (Å²) in [7, 11) is 0. The largest absolute Gasteiger partial charge is 0.481 e. The van der Waals surface area contributed by atoms with Crippen molar-refractivity contribution in [3.05, 3.63) is 0 Å². The first-order valence-corrected chi connectivity index (χ1v) is 5.89. The number of carbonyl (C=O) groups excluding carboxylic acids is 2. The van der Waals surface area contributed by atoms with E-state index in [-0.39, 0.29) is 19.8 Å². The summed E-state index contributed by atoms with van der Waals surface area (Å²) < 4.78 is 5.02. The summed E-state index contributed by atoms with van der Waals surface area (Å²) in [4.78, 5) is 33.6. The van der Waals surface area contributed by atoms with Gasteiger partial charge in [-0.15, -0.1) is 0 Å². The quantitative estimate of drug-likeness (QED) is 0.505. The van der Waals surface area contributed by atoms with E-state index in [1.165, 1.54) is 0 Å². The number of nitrogens with one attached hydrogen (secondary N) is 2. The average molecular weight is 273 g/mol. The van der Waals surface area contributed by atoms with Gasteiger partial charge in [0.2, 0.25) is 5.91 Å². The first-order valence-electron chi connectivity index (χ1n) is 5.89. The molecule has 1 heterocycles. The molecule has 1 aliphatic rings. The van der Waals surface area contributed by atoms with Crippen molar-refractivity contribution in [3.8, 4) is 0 Å². The molecular formula is C11H19N3O5.